The van der Waals surface area contributed by atoms with Crippen LogP contribution in [0.25, 0.3) is 0 Å². The Labute approximate surface area is 94.5 Å². The number of hydrogen-bond acceptors (Lipinski definition) is 3. The monoisotopic (exact) mass is 220 g/mol. The van der Waals surface area contributed by atoms with E-state index in [1.165, 1.54) is 0 Å². The van der Waals surface area contributed by atoms with Gasteiger partial charge >= 0.3 is 0 Å². The molecule has 1 amide bonds. The van der Waals surface area contributed by atoms with Gasteiger partial charge in [-0.1, -0.05) is 18.2 Å². The van der Waals surface area contributed by atoms with Crippen molar-refractivity contribution in [3.8, 4) is 5.75 Å². The predicted octanol–water partition coefficient (Wildman–Crippen LogP) is 0.918. The molecule has 0 radical (unpaired) electrons. The zero-order valence-corrected chi connectivity index (χ0v) is 9.02. The summed E-state index contributed by atoms with van der Waals surface area (Å²) in [6.07, 6.45) is 1.28. The van der Waals surface area contributed by atoms with Gasteiger partial charge in [-0.05, 0) is 24.9 Å². The number of carbonyl (C=O) groups is 1. The highest BCUT2D eigenvalue weighted by atomic mass is 16.3. The minimum atomic E-state index is -0.115. The molecule has 86 valence electrons. The summed E-state index contributed by atoms with van der Waals surface area (Å²) in [6, 6.07) is 6.97. The molecule has 4 nitrogen and oxygen atoms in total. The number of carbonyl (C=O) groups excluding carboxylic acids is 1. The van der Waals surface area contributed by atoms with Crippen LogP contribution in [0.5, 0.6) is 5.75 Å². The number of aromatic hydroxyl groups is 1. The first-order chi connectivity index (χ1) is 7.70. The number of para-hydroxylation sites is 1. The molecule has 1 heterocycles. The van der Waals surface area contributed by atoms with Gasteiger partial charge in [0.1, 0.15) is 5.75 Å². The Morgan fingerprint density at radius 1 is 1.44 bits per heavy atom. The maximum atomic E-state index is 11.5. The number of benzene rings is 1. The van der Waals surface area contributed by atoms with Crippen LogP contribution in [0, 0.1) is 5.92 Å². The molecule has 4 heteroatoms. The Hall–Kier alpha value is -1.55. The van der Waals surface area contributed by atoms with Gasteiger partial charge in [0.05, 0.1) is 6.04 Å². The van der Waals surface area contributed by atoms with Gasteiger partial charge in [0.2, 0.25) is 5.91 Å². The zero-order chi connectivity index (χ0) is 11.5. The SMILES string of the molecule is NCC1CC(=O)NC(c2ccccc2O)C1. The van der Waals surface area contributed by atoms with E-state index in [9.17, 15) is 9.90 Å². The number of amides is 1. The van der Waals surface area contributed by atoms with E-state index in [-0.39, 0.29) is 23.6 Å². The molecule has 1 aliphatic heterocycles. The normalized spacial score (nSPS) is 25.2. The van der Waals surface area contributed by atoms with Crippen LogP contribution in [-0.4, -0.2) is 17.6 Å². The lowest BCUT2D eigenvalue weighted by Gasteiger charge is -2.29. The number of phenols is 1. The van der Waals surface area contributed by atoms with Crippen molar-refractivity contribution in [1.29, 1.82) is 0 Å². The minimum absolute atomic E-state index is 0.00922. The lowest BCUT2D eigenvalue weighted by Crippen LogP contribution is -2.39. The number of rotatable bonds is 2. The van der Waals surface area contributed by atoms with E-state index in [4.69, 9.17) is 5.73 Å². The van der Waals surface area contributed by atoms with Crippen molar-refractivity contribution in [1.82, 2.24) is 5.32 Å². The number of piperidine rings is 1. The molecule has 0 saturated carbocycles. The van der Waals surface area contributed by atoms with Crippen molar-refractivity contribution in [2.24, 2.45) is 11.7 Å². The molecule has 2 atom stereocenters. The summed E-state index contributed by atoms with van der Waals surface area (Å²) in [5.41, 5.74) is 6.37. The Morgan fingerprint density at radius 2 is 2.19 bits per heavy atom. The first kappa shape index (κ1) is 11.0. The Morgan fingerprint density at radius 3 is 2.88 bits per heavy atom. The fraction of sp³-hybridized carbons (Fsp3) is 0.417. The van der Waals surface area contributed by atoms with Gasteiger partial charge < -0.3 is 16.2 Å². The van der Waals surface area contributed by atoms with Crippen molar-refractivity contribution in [3.05, 3.63) is 29.8 Å². The van der Waals surface area contributed by atoms with E-state index < -0.39 is 0 Å². The van der Waals surface area contributed by atoms with Crippen LogP contribution in [-0.2, 0) is 4.79 Å². The molecular formula is C12H16N2O2. The fourth-order valence-electron chi connectivity index (χ4n) is 2.16. The van der Waals surface area contributed by atoms with E-state index in [1.54, 1.807) is 12.1 Å². The Bertz CT molecular complexity index is 392. The topological polar surface area (TPSA) is 75.4 Å². The first-order valence-electron chi connectivity index (χ1n) is 5.48. The number of phenolic OH excluding ortho intramolecular Hbond substituents is 1. The summed E-state index contributed by atoms with van der Waals surface area (Å²) in [6.45, 7) is 0.511. The van der Waals surface area contributed by atoms with Crippen molar-refractivity contribution >= 4 is 5.91 Å². The minimum Gasteiger partial charge on any atom is -0.508 e. The largest absolute Gasteiger partial charge is 0.508 e. The average Bonchev–Trinajstić information content (AvgIpc) is 2.28. The summed E-state index contributed by atoms with van der Waals surface area (Å²) in [5.74, 6) is 0.443. The summed E-state index contributed by atoms with van der Waals surface area (Å²) in [4.78, 5) is 11.5. The number of nitrogens with two attached hydrogens (primary N) is 1. The van der Waals surface area contributed by atoms with E-state index in [1.807, 2.05) is 12.1 Å². The van der Waals surface area contributed by atoms with Crippen LogP contribution >= 0.6 is 0 Å². The van der Waals surface area contributed by atoms with Crippen LogP contribution in [0.4, 0.5) is 0 Å². The molecule has 1 aromatic carbocycles. The van der Waals surface area contributed by atoms with E-state index >= 15 is 0 Å². The predicted molar refractivity (Wildman–Crippen MR) is 60.8 cm³/mol. The highest BCUT2D eigenvalue weighted by Crippen LogP contribution is 2.31. The summed E-state index contributed by atoms with van der Waals surface area (Å²) < 4.78 is 0. The third-order valence-electron chi connectivity index (χ3n) is 3.02. The van der Waals surface area contributed by atoms with Crippen molar-refractivity contribution in [3.63, 3.8) is 0 Å². The molecular weight excluding hydrogens is 204 g/mol. The second-order valence-electron chi connectivity index (χ2n) is 4.22. The maximum Gasteiger partial charge on any atom is 0.220 e. The molecule has 0 aromatic heterocycles. The van der Waals surface area contributed by atoms with Gasteiger partial charge in [-0.2, -0.15) is 0 Å². The molecule has 16 heavy (non-hydrogen) atoms. The average molecular weight is 220 g/mol. The summed E-state index contributed by atoms with van der Waals surface area (Å²) in [7, 11) is 0. The molecule has 0 aliphatic carbocycles. The summed E-state index contributed by atoms with van der Waals surface area (Å²) in [5, 5.41) is 12.6. The second-order valence-corrected chi connectivity index (χ2v) is 4.22. The highest BCUT2D eigenvalue weighted by molar-refractivity contribution is 5.77. The molecule has 0 bridgehead atoms. The maximum absolute atomic E-state index is 11.5. The van der Waals surface area contributed by atoms with Crippen LogP contribution in [0.3, 0.4) is 0 Å². The number of nitrogens with one attached hydrogen (secondary N) is 1. The Kier molecular flexibility index (Phi) is 3.10. The van der Waals surface area contributed by atoms with Gasteiger partial charge in [0, 0.05) is 12.0 Å². The first-order valence-corrected chi connectivity index (χ1v) is 5.48. The lowest BCUT2D eigenvalue weighted by molar-refractivity contribution is -0.124. The lowest BCUT2D eigenvalue weighted by atomic mass is 9.88. The standard InChI is InChI=1S/C12H16N2O2/c13-7-8-5-10(14-12(16)6-8)9-3-1-2-4-11(9)15/h1-4,8,10,15H,5-7,13H2,(H,14,16). The molecule has 0 spiro atoms. The van der Waals surface area contributed by atoms with E-state index in [0.717, 1.165) is 12.0 Å². The molecule has 2 unspecified atom stereocenters. The van der Waals surface area contributed by atoms with Gasteiger partial charge in [-0.15, -0.1) is 0 Å². The molecule has 1 saturated heterocycles. The third kappa shape index (κ3) is 2.17. The smallest absolute Gasteiger partial charge is 0.220 e. The van der Waals surface area contributed by atoms with Crippen LogP contribution < -0.4 is 11.1 Å². The highest BCUT2D eigenvalue weighted by Gasteiger charge is 2.27. The van der Waals surface area contributed by atoms with Crippen molar-refractivity contribution in [2.75, 3.05) is 6.54 Å². The van der Waals surface area contributed by atoms with Crippen LogP contribution in [0.2, 0.25) is 0 Å². The third-order valence-corrected chi connectivity index (χ3v) is 3.02. The molecule has 4 N–H and O–H groups in total. The van der Waals surface area contributed by atoms with Crippen LogP contribution in [0.15, 0.2) is 24.3 Å². The van der Waals surface area contributed by atoms with Crippen LogP contribution in [0.1, 0.15) is 24.4 Å². The molecule has 1 aromatic rings. The van der Waals surface area contributed by atoms with Crippen molar-refractivity contribution < 1.29 is 9.90 Å². The van der Waals surface area contributed by atoms with E-state index in [2.05, 4.69) is 5.32 Å². The summed E-state index contributed by atoms with van der Waals surface area (Å²) >= 11 is 0. The molecule has 1 fully saturated rings. The quantitative estimate of drug-likeness (QED) is 0.693. The van der Waals surface area contributed by atoms with Gasteiger partial charge in [-0.25, -0.2) is 0 Å². The van der Waals surface area contributed by atoms with E-state index in [0.29, 0.717) is 13.0 Å². The number of hydrogen-bond donors (Lipinski definition) is 3. The second kappa shape index (κ2) is 4.53. The molecule has 1 aliphatic rings. The van der Waals surface area contributed by atoms with Crippen molar-refractivity contribution in [2.45, 2.75) is 18.9 Å². The zero-order valence-electron chi connectivity index (χ0n) is 9.02. The van der Waals surface area contributed by atoms with Gasteiger partial charge in [0.15, 0.2) is 0 Å². The van der Waals surface area contributed by atoms with Gasteiger partial charge in [0.25, 0.3) is 0 Å². The molecule has 2 rings (SSSR count). The van der Waals surface area contributed by atoms with Gasteiger partial charge in [-0.3, -0.25) is 4.79 Å². The Balaban J connectivity index is 2.21. The fourth-order valence-corrected chi connectivity index (χ4v) is 2.16.